The molecule has 0 heterocycles. The van der Waals surface area contributed by atoms with E-state index in [1.54, 1.807) is 7.11 Å². The van der Waals surface area contributed by atoms with Crippen molar-refractivity contribution in [3.05, 3.63) is 29.8 Å². The Morgan fingerprint density at radius 2 is 1.89 bits per heavy atom. The minimum absolute atomic E-state index is 0.694. The molecular formula is C17H29NO. The van der Waals surface area contributed by atoms with Gasteiger partial charge in [0, 0.05) is 0 Å². The Hall–Kier alpha value is -1.02. The summed E-state index contributed by atoms with van der Waals surface area (Å²) in [6, 6.07) is 8.38. The molecule has 0 saturated heterocycles. The SMILES string of the molecule is CNCC(CCCC(C)C)Cc1ccccc1OC. The molecule has 0 fully saturated rings. The molecule has 1 rings (SSSR count). The lowest BCUT2D eigenvalue weighted by molar-refractivity contribution is 0.389. The lowest BCUT2D eigenvalue weighted by Crippen LogP contribution is -2.21. The summed E-state index contributed by atoms with van der Waals surface area (Å²) in [7, 11) is 3.79. The van der Waals surface area contributed by atoms with Crippen molar-refractivity contribution in [1.29, 1.82) is 0 Å². The monoisotopic (exact) mass is 263 g/mol. The summed E-state index contributed by atoms with van der Waals surface area (Å²) in [6.45, 7) is 5.68. The van der Waals surface area contributed by atoms with Crippen molar-refractivity contribution in [2.24, 2.45) is 11.8 Å². The molecule has 1 aromatic rings. The Morgan fingerprint density at radius 1 is 1.16 bits per heavy atom. The van der Waals surface area contributed by atoms with Crippen molar-refractivity contribution in [3.8, 4) is 5.75 Å². The molecule has 0 aliphatic rings. The van der Waals surface area contributed by atoms with Crippen LogP contribution in [-0.4, -0.2) is 20.7 Å². The fourth-order valence-electron chi connectivity index (χ4n) is 2.56. The number of nitrogens with one attached hydrogen (secondary N) is 1. The van der Waals surface area contributed by atoms with Crippen LogP contribution in [0, 0.1) is 11.8 Å². The highest BCUT2D eigenvalue weighted by Crippen LogP contribution is 2.23. The second kappa shape index (κ2) is 8.98. The van der Waals surface area contributed by atoms with E-state index in [9.17, 15) is 0 Å². The molecule has 0 aliphatic heterocycles. The summed E-state index contributed by atoms with van der Waals surface area (Å²) < 4.78 is 5.45. The zero-order valence-corrected chi connectivity index (χ0v) is 12.9. The van der Waals surface area contributed by atoms with Gasteiger partial charge in [-0.05, 0) is 49.9 Å². The summed E-state index contributed by atoms with van der Waals surface area (Å²) in [5.74, 6) is 2.52. The number of hydrogen-bond acceptors (Lipinski definition) is 2. The molecule has 1 atom stereocenters. The van der Waals surface area contributed by atoms with E-state index in [0.29, 0.717) is 5.92 Å². The summed E-state index contributed by atoms with van der Waals surface area (Å²) in [6.07, 6.45) is 5.03. The van der Waals surface area contributed by atoms with E-state index < -0.39 is 0 Å². The molecule has 0 spiro atoms. The number of hydrogen-bond donors (Lipinski definition) is 1. The van der Waals surface area contributed by atoms with E-state index in [-0.39, 0.29) is 0 Å². The van der Waals surface area contributed by atoms with Crippen LogP contribution in [-0.2, 0) is 6.42 Å². The third-order valence-electron chi connectivity index (χ3n) is 3.59. The number of methoxy groups -OCH3 is 1. The summed E-state index contributed by atoms with van der Waals surface area (Å²) in [4.78, 5) is 0. The van der Waals surface area contributed by atoms with Crippen LogP contribution in [0.25, 0.3) is 0 Å². The molecule has 0 saturated carbocycles. The highest BCUT2D eigenvalue weighted by Gasteiger charge is 2.12. The Balaban J connectivity index is 2.56. The van der Waals surface area contributed by atoms with Crippen molar-refractivity contribution >= 4 is 0 Å². The van der Waals surface area contributed by atoms with Crippen molar-refractivity contribution in [1.82, 2.24) is 5.32 Å². The molecule has 0 aliphatic carbocycles. The van der Waals surface area contributed by atoms with Crippen LogP contribution in [0.2, 0.25) is 0 Å². The average Bonchev–Trinajstić information content (AvgIpc) is 2.39. The van der Waals surface area contributed by atoms with Gasteiger partial charge < -0.3 is 10.1 Å². The molecule has 2 nitrogen and oxygen atoms in total. The maximum absolute atomic E-state index is 5.45. The Labute approximate surface area is 118 Å². The van der Waals surface area contributed by atoms with Gasteiger partial charge in [-0.2, -0.15) is 0 Å². The first-order valence-corrected chi connectivity index (χ1v) is 7.43. The predicted molar refractivity (Wildman–Crippen MR) is 82.8 cm³/mol. The third kappa shape index (κ3) is 6.11. The first-order valence-electron chi connectivity index (χ1n) is 7.43. The van der Waals surface area contributed by atoms with Crippen LogP contribution >= 0.6 is 0 Å². The maximum atomic E-state index is 5.45. The number of benzene rings is 1. The molecule has 19 heavy (non-hydrogen) atoms. The van der Waals surface area contributed by atoms with Crippen molar-refractivity contribution < 1.29 is 4.74 Å². The highest BCUT2D eigenvalue weighted by molar-refractivity contribution is 5.33. The van der Waals surface area contributed by atoms with Crippen LogP contribution < -0.4 is 10.1 Å². The molecule has 0 amide bonds. The topological polar surface area (TPSA) is 21.3 Å². The fourth-order valence-corrected chi connectivity index (χ4v) is 2.56. The zero-order chi connectivity index (χ0) is 14.1. The summed E-state index contributed by atoms with van der Waals surface area (Å²) >= 11 is 0. The molecule has 0 radical (unpaired) electrons. The molecular weight excluding hydrogens is 234 g/mol. The molecule has 1 N–H and O–H groups in total. The second-order valence-corrected chi connectivity index (χ2v) is 5.76. The first-order chi connectivity index (χ1) is 9.17. The summed E-state index contributed by atoms with van der Waals surface area (Å²) in [5.41, 5.74) is 1.33. The normalized spacial score (nSPS) is 12.7. The van der Waals surface area contributed by atoms with Gasteiger partial charge >= 0.3 is 0 Å². The summed E-state index contributed by atoms with van der Waals surface area (Å²) in [5, 5.41) is 3.32. The van der Waals surface area contributed by atoms with Crippen LogP contribution in [0.3, 0.4) is 0 Å². The molecule has 108 valence electrons. The van der Waals surface area contributed by atoms with E-state index in [4.69, 9.17) is 4.74 Å². The number of para-hydroxylation sites is 1. The smallest absolute Gasteiger partial charge is 0.122 e. The molecule has 1 unspecified atom stereocenters. The molecule has 1 aromatic carbocycles. The van der Waals surface area contributed by atoms with E-state index in [1.807, 2.05) is 13.1 Å². The zero-order valence-electron chi connectivity index (χ0n) is 12.9. The van der Waals surface area contributed by atoms with E-state index >= 15 is 0 Å². The average molecular weight is 263 g/mol. The largest absolute Gasteiger partial charge is 0.496 e. The minimum atomic E-state index is 0.694. The van der Waals surface area contributed by atoms with E-state index in [2.05, 4.69) is 37.4 Å². The lowest BCUT2D eigenvalue weighted by atomic mass is 9.92. The quantitative estimate of drug-likeness (QED) is 0.729. The van der Waals surface area contributed by atoms with Gasteiger partial charge in [0.2, 0.25) is 0 Å². The van der Waals surface area contributed by atoms with Gasteiger partial charge in [0.05, 0.1) is 7.11 Å². The standard InChI is InChI=1S/C17H29NO/c1-14(2)8-7-9-15(13-18-3)12-16-10-5-6-11-17(16)19-4/h5-6,10-11,14-15,18H,7-9,12-13H2,1-4H3. The van der Waals surface area contributed by atoms with Crippen molar-refractivity contribution in [2.75, 3.05) is 20.7 Å². The van der Waals surface area contributed by atoms with Gasteiger partial charge in [0.25, 0.3) is 0 Å². The van der Waals surface area contributed by atoms with Gasteiger partial charge in [0.15, 0.2) is 0 Å². The molecule has 2 heteroatoms. The van der Waals surface area contributed by atoms with Crippen molar-refractivity contribution in [3.63, 3.8) is 0 Å². The molecule has 0 aromatic heterocycles. The maximum Gasteiger partial charge on any atom is 0.122 e. The van der Waals surface area contributed by atoms with Crippen LogP contribution in [0.1, 0.15) is 38.7 Å². The van der Waals surface area contributed by atoms with E-state index in [0.717, 1.165) is 24.6 Å². The van der Waals surface area contributed by atoms with Crippen LogP contribution in [0.15, 0.2) is 24.3 Å². The van der Waals surface area contributed by atoms with Crippen LogP contribution in [0.5, 0.6) is 5.75 Å². The second-order valence-electron chi connectivity index (χ2n) is 5.76. The van der Waals surface area contributed by atoms with Gasteiger partial charge in [-0.25, -0.2) is 0 Å². The first kappa shape index (κ1) is 16.0. The van der Waals surface area contributed by atoms with Crippen LogP contribution in [0.4, 0.5) is 0 Å². The minimum Gasteiger partial charge on any atom is -0.496 e. The van der Waals surface area contributed by atoms with Crippen molar-refractivity contribution in [2.45, 2.75) is 39.5 Å². The van der Waals surface area contributed by atoms with E-state index in [1.165, 1.54) is 24.8 Å². The Kier molecular flexibility index (Phi) is 7.57. The van der Waals surface area contributed by atoms with Gasteiger partial charge in [-0.3, -0.25) is 0 Å². The number of ether oxygens (including phenoxy) is 1. The third-order valence-corrected chi connectivity index (χ3v) is 3.59. The predicted octanol–water partition coefficient (Wildman–Crippen LogP) is 3.90. The highest BCUT2D eigenvalue weighted by atomic mass is 16.5. The van der Waals surface area contributed by atoms with Gasteiger partial charge in [-0.15, -0.1) is 0 Å². The Morgan fingerprint density at radius 3 is 2.53 bits per heavy atom. The van der Waals surface area contributed by atoms with Gasteiger partial charge in [0.1, 0.15) is 5.75 Å². The lowest BCUT2D eigenvalue weighted by Gasteiger charge is -2.18. The fraction of sp³-hybridized carbons (Fsp3) is 0.647. The molecule has 0 bridgehead atoms. The number of rotatable bonds is 9. The van der Waals surface area contributed by atoms with Gasteiger partial charge in [-0.1, -0.05) is 44.9 Å². The Bertz CT molecular complexity index is 349.